The molecule has 0 bridgehead atoms. The topological polar surface area (TPSA) is 184 Å². The number of imidazole rings is 1. The van der Waals surface area contributed by atoms with E-state index in [1.54, 1.807) is 0 Å². The van der Waals surface area contributed by atoms with E-state index in [2.05, 4.69) is 32.4 Å². The van der Waals surface area contributed by atoms with Gasteiger partial charge in [-0.25, -0.2) is 10.8 Å². The molecular weight excluding hydrogens is 344 g/mol. The van der Waals surface area contributed by atoms with Crippen molar-refractivity contribution in [2.45, 2.75) is 38.4 Å². The molecule has 0 radical (unpaired) electrons. The normalized spacial score (nSPS) is 24.8. The van der Waals surface area contributed by atoms with Crippen LogP contribution in [-0.4, -0.2) is 67.1 Å². The summed E-state index contributed by atoms with van der Waals surface area (Å²) in [5.74, 6) is 5.63. The minimum atomic E-state index is -1.33. The van der Waals surface area contributed by atoms with E-state index in [9.17, 15) is 15.0 Å². The van der Waals surface area contributed by atoms with Gasteiger partial charge in [0, 0.05) is 6.54 Å². The molecule has 4 atom stereocenters. The molecule has 0 aromatic carbocycles. The Labute approximate surface area is 148 Å². The van der Waals surface area contributed by atoms with Gasteiger partial charge in [0.15, 0.2) is 29.0 Å². The highest BCUT2D eigenvalue weighted by atomic mass is 16.6. The van der Waals surface area contributed by atoms with Crippen molar-refractivity contribution in [3.63, 3.8) is 0 Å². The average molecular weight is 366 g/mol. The van der Waals surface area contributed by atoms with Gasteiger partial charge in [0.25, 0.3) is 0 Å². The number of fused-ring (bicyclic) bond motifs is 1. The number of aromatic nitrogens is 4. The van der Waals surface area contributed by atoms with Gasteiger partial charge in [-0.1, -0.05) is 0 Å². The quantitative estimate of drug-likeness (QED) is 0.218. The van der Waals surface area contributed by atoms with E-state index in [4.69, 9.17) is 16.0 Å². The lowest BCUT2D eigenvalue weighted by molar-refractivity contribution is -0.133. The fourth-order valence-corrected chi connectivity index (χ4v) is 2.68. The zero-order valence-electron chi connectivity index (χ0n) is 14.4. The van der Waals surface area contributed by atoms with Crippen LogP contribution in [0.25, 0.3) is 11.2 Å². The van der Waals surface area contributed by atoms with Gasteiger partial charge in [-0.3, -0.25) is 14.8 Å². The fourth-order valence-electron chi connectivity index (χ4n) is 2.68. The molecule has 2 aromatic rings. The third-order valence-corrected chi connectivity index (χ3v) is 3.81. The van der Waals surface area contributed by atoms with Crippen LogP contribution in [0.2, 0.25) is 0 Å². The van der Waals surface area contributed by atoms with Crippen molar-refractivity contribution < 1.29 is 19.7 Å². The molecule has 142 valence electrons. The minimum Gasteiger partial charge on any atom is -0.387 e. The van der Waals surface area contributed by atoms with Crippen molar-refractivity contribution in [3.8, 4) is 0 Å². The number of hydrogen-bond donors (Lipinski definition) is 6. The number of anilines is 2. The van der Waals surface area contributed by atoms with Crippen molar-refractivity contribution in [2.24, 2.45) is 5.84 Å². The van der Waals surface area contributed by atoms with Crippen LogP contribution in [0.3, 0.4) is 0 Å². The number of Topliss-reactive ketones (excluding diaryl/α,β-unsaturated/α-hetero) is 1. The summed E-state index contributed by atoms with van der Waals surface area (Å²) in [6.45, 7) is 6.30. The summed E-state index contributed by atoms with van der Waals surface area (Å²) in [6.07, 6.45) is -3.34. The van der Waals surface area contributed by atoms with E-state index < -0.39 is 24.5 Å². The number of aliphatic hydroxyl groups excluding tert-OH is 2. The summed E-state index contributed by atoms with van der Waals surface area (Å²) in [6, 6.07) is 0. The molecule has 0 amide bonds. The third kappa shape index (κ3) is 3.35. The van der Waals surface area contributed by atoms with Crippen LogP contribution < -0.4 is 16.6 Å². The van der Waals surface area contributed by atoms with Gasteiger partial charge in [0.2, 0.25) is 5.95 Å². The number of nitrogens with one attached hydrogen (secondary N) is 3. The van der Waals surface area contributed by atoms with Gasteiger partial charge in [-0.05, 0) is 20.6 Å². The highest BCUT2D eigenvalue weighted by molar-refractivity contribution is 5.84. The number of ether oxygens (including phenoxy) is 1. The van der Waals surface area contributed by atoms with Gasteiger partial charge in [-0.2, -0.15) is 9.97 Å². The number of hydrogen-bond acceptors (Lipinski definition) is 11. The van der Waals surface area contributed by atoms with Gasteiger partial charge >= 0.3 is 0 Å². The molecule has 1 fully saturated rings. The molecule has 1 saturated heterocycles. The fraction of sp³-hybridized carbons (Fsp3) is 0.500. The second-order valence-electron chi connectivity index (χ2n) is 5.43. The molecule has 1 aliphatic heterocycles. The van der Waals surface area contributed by atoms with Crippen molar-refractivity contribution >= 4 is 35.4 Å². The number of carbonyl (C=O) groups excluding carboxylic acids is 1. The lowest BCUT2D eigenvalue weighted by Gasteiger charge is -2.16. The summed E-state index contributed by atoms with van der Waals surface area (Å²) in [5.41, 5.74) is 3.16. The third-order valence-electron chi connectivity index (χ3n) is 3.81. The molecule has 0 spiro atoms. The van der Waals surface area contributed by atoms with E-state index in [0.29, 0.717) is 23.5 Å². The summed E-state index contributed by atoms with van der Waals surface area (Å²) in [7, 11) is 0. The lowest BCUT2D eigenvalue weighted by Crippen LogP contribution is -2.34. The summed E-state index contributed by atoms with van der Waals surface area (Å²) in [5, 5.41) is 28.8. The number of nitrogen functional groups attached to an aromatic ring is 1. The van der Waals surface area contributed by atoms with Crippen LogP contribution in [0.4, 0.5) is 11.8 Å². The van der Waals surface area contributed by atoms with Gasteiger partial charge in [0.05, 0.1) is 6.33 Å². The largest absolute Gasteiger partial charge is 0.387 e. The number of aliphatic hydroxyl groups is 2. The van der Waals surface area contributed by atoms with Gasteiger partial charge < -0.3 is 25.7 Å². The summed E-state index contributed by atoms with van der Waals surface area (Å²) >= 11 is 0. The van der Waals surface area contributed by atoms with Crippen LogP contribution in [0.1, 0.15) is 20.1 Å². The SMILES string of the molecule is C=N.CCNc1nc(NN)nc2c1ncn2[C@@H]1O[C@H](C(C)=O)[C@@H](O)[C@H]1O. The number of carbonyl (C=O) groups is 1. The van der Waals surface area contributed by atoms with Gasteiger partial charge in [0.1, 0.15) is 18.3 Å². The van der Waals surface area contributed by atoms with Crippen molar-refractivity contribution in [1.29, 1.82) is 5.41 Å². The minimum absolute atomic E-state index is 0.149. The number of rotatable bonds is 5. The van der Waals surface area contributed by atoms with Crippen LogP contribution >= 0.6 is 0 Å². The molecule has 0 aliphatic carbocycles. The maximum absolute atomic E-state index is 11.5. The molecule has 3 rings (SSSR count). The van der Waals surface area contributed by atoms with Gasteiger partial charge in [-0.15, -0.1) is 0 Å². The first-order chi connectivity index (χ1) is 12.5. The van der Waals surface area contributed by atoms with Crippen LogP contribution in [0.5, 0.6) is 0 Å². The molecule has 3 heterocycles. The number of hydrazine groups is 1. The molecular formula is C14H22N8O4. The molecule has 12 heteroatoms. The standard InChI is InChI=1S/C13H19N7O4.CH3N/c1-3-15-10-6-11(18-13(17-10)19-14)20(4-16-6)12-8(23)7(22)9(24-12)5(2)21;1-2/h4,7-9,12,22-23H,3,14H2,1-2H3,(H2,15,17,18,19);2H,1H2/t7-,8+,9+,12+;/m0./s1. The van der Waals surface area contributed by atoms with Crippen molar-refractivity contribution in [3.05, 3.63) is 6.33 Å². The van der Waals surface area contributed by atoms with Crippen LogP contribution in [-0.2, 0) is 9.53 Å². The highest BCUT2D eigenvalue weighted by Crippen LogP contribution is 2.33. The average Bonchev–Trinajstić information content (AvgIpc) is 3.19. The van der Waals surface area contributed by atoms with E-state index in [-0.39, 0.29) is 11.7 Å². The van der Waals surface area contributed by atoms with Crippen LogP contribution in [0.15, 0.2) is 6.33 Å². The second kappa shape index (κ2) is 8.14. The summed E-state index contributed by atoms with van der Waals surface area (Å²) in [4.78, 5) is 24.2. The molecule has 2 aromatic heterocycles. The van der Waals surface area contributed by atoms with E-state index in [1.807, 2.05) is 6.92 Å². The first-order valence-electron chi connectivity index (χ1n) is 7.80. The Kier molecular flexibility index (Phi) is 6.15. The highest BCUT2D eigenvalue weighted by Gasteiger charge is 2.46. The lowest BCUT2D eigenvalue weighted by atomic mass is 10.1. The Morgan fingerprint density at radius 2 is 2.12 bits per heavy atom. The zero-order valence-corrected chi connectivity index (χ0v) is 14.4. The van der Waals surface area contributed by atoms with Crippen molar-refractivity contribution in [1.82, 2.24) is 19.5 Å². The molecule has 0 unspecified atom stereocenters. The Morgan fingerprint density at radius 3 is 2.65 bits per heavy atom. The Balaban J connectivity index is 0.00000117. The van der Waals surface area contributed by atoms with Crippen molar-refractivity contribution in [2.75, 3.05) is 17.3 Å². The molecule has 0 saturated carbocycles. The number of nitrogens with two attached hydrogens (primary N) is 1. The number of ketones is 1. The molecule has 7 N–H and O–H groups in total. The predicted molar refractivity (Wildman–Crippen MR) is 93.7 cm³/mol. The Hall–Kier alpha value is -2.67. The zero-order chi connectivity index (χ0) is 19.4. The van der Waals surface area contributed by atoms with E-state index in [1.165, 1.54) is 17.8 Å². The molecule has 1 aliphatic rings. The van der Waals surface area contributed by atoms with E-state index >= 15 is 0 Å². The molecule has 12 nitrogen and oxygen atoms in total. The second-order valence-corrected chi connectivity index (χ2v) is 5.43. The predicted octanol–water partition coefficient (Wildman–Crippen LogP) is -0.982. The first kappa shape index (κ1) is 19.7. The summed E-state index contributed by atoms with van der Waals surface area (Å²) < 4.78 is 6.95. The number of nitrogens with zero attached hydrogens (tertiary/aromatic N) is 4. The maximum atomic E-state index is 11.5. The van der Waals surface area contributed by atoms with Crippen LogP contribution in [0, 0.1) is 5.41 Å². The smallest absolute Gasteiger partial charge is 0.241 e. The maximum Gasteiger partial charge on any atom is 0.241 e. The monoisotopic (exact) mass is 366 g/mol. The molecule has 26 heavy (non-hydrogen) atoms. The van der Waals surface area contributed by atoms with E-state index in [0.717, 1.165) is 0 Å². The Morgan fingerprint density at radius 1 is 1.42 bits per heavy atom. The Bertz CT molecular complexity index is 782. The first-order valence-corrected chi connectivity index (χ1v) is 7.80.